The number of aromatic nitrogens is 1. The van der Waals surface area contributed by atoms with Crippen LogP contribution in [0.4, 0.5) is 11.4 Å². The molecule has 0 atom stereocenters. The molecule has 5 nitrogen and oxygen atoms in total. The van der Waals surface area contributed by atoms with Crippen LogP contribution in [0.1, 0.15) is 16.8 Å². The third-order valence-corrected chi connectivity index (χ3v) is 4.53. The summed E-state index contributed by atoms with van der Waals surface area (Å²) in [7, 11) is 1.64. The lowest BCUT2D eigenvalue weighted by molar-refractivity contribution is -0.354. The highest BCUT2D eigenvalue weighted by atomic mass is 16.5. The fourth-order valence-electron chi connectivity index (χ4n) is 2.93. The van der Waals surface area contributed by atoms with Crippen molar-refractivity contribution in [2.45, 2.75) is 20.8 Å². The van der Waals surface area contributed by atoms with Gasteiger partial charge in [-0.2, -0.15) is 0 Å². The van der Waals surface area contributed by atoms with Gasteiger partial charge >= 0.3 is 0 Å². The number of fused-ring (bicyclic) bond motifs is 1. The normalized spacial score (nSPS) is 10.6. The molecule has 0 bridgehead atoms. The maximum atomic E-state index is 12.4. The second-order valence-corrected chi connectivity index (χ2v) is 6.43. The predicted molar refractivity (Wildman–Crippen MR) is 105 cm³/mol. The van der Waals surface area contributed by atoms with Gasteiger partial charge in [0.1, 0.15) is 5.75 Å². The maximum Gasteiger partial charge on any atom is 0.243 e. The van der Waals surface area contributed by atoms with Crippen molar-refractivity contribution in [3.8, 4) is 5.75 Å². The number of aromatic amines is 1. The van der Waals surface area contributed by atoms with E-state index < -0.39 is 0 Å². The Kier molecular flexibility index (Phi) is 5.07. The highest BCUT2D eigenvalue weighted by Crippen LogP contribution is 2.25. The minimum absolute atomic E-state index is 0.0831. The number of amides is 1. The molecular formula is C21H24N3O2+. The molecular weight excluding hydrogens is 326 g/mol. The highest BCUT2D eigenvalue weighted by Gasteiger charge is 2.12. The lowest BCUT2D eigenvalue weighted by atomic mass is 10.1. The number of carbonyl (C=O) groups is 1. The number of methoxy groups -OCH3 is 1. The summed E-state index contributed by atoms with van der Waals surface area (Å²) in [5.74, 6) is 0.692. The quantitative estimate of drug-likeness (QED) is 0.738. The molecule has 1 heterocycles. The van der Waals surface area contributed by atoms with Crippen LogP contribution in [0.5, 0.6) is 5.75 Å². The number of aryl methyl sites for hydroxylation is 2. The van der Waals surface area contributed by atoms with Gasteiger partial charge in [-0.25, -0.2) is 4.98 Å². The minimum atomic E-state index is -0.0831. The first kappa shape index (κ1) is 17.7. The number of hydrogen-bond donors (Lipinski definition) is 2. The van der Waals surface area contributed by atoms with Crippen molar-refractivity contribution in [2.24, 2.45) is 0 Å². The molecule has 5 heteroatoms. The summed E-state index contributed by atoms with van der Waals surface area (Å²) in [5.41, 5.74) is 5.99. The smallest absolute Gasteiger partial charge is 0.243 e. The number of ether oxygens (including phenoxy) is 1. The van der Waals surface area contributed by atoms with Gasteiger partial charge < -0.3 is 15.4 Å². The van der Waals surface area contributed by atoms with E-state index >= 15 is 0 Å². The highest BCUT2D eigenvalue weighted by molar-refractivity contribution is 5.97. The van der Waals surface area contributed by atoms with Crippen molar-refractivity contribution in [1.82, 2.24) is 0 Å². The van der Waals surface area contributed by atoms with Gasteiger partial charge in [0, 0.05) is 24.7 Å². The first-order chi connectivity index (χ1) is 12.5. The molecule has 0 aliphatic carbocycles. The van der Waals surface area contributed by atoms with E-state index in [0.717, 1.165) is 44.8 Å². The van der Waals surface area contributed by atoms with E-state index in [1.165, 1.54) is 0 Å². The van der Waals surface area contributed by atoms with Crippen molar-refractivity contribution in [1.29, 1.82) is 0 Å². The van der Waals surface area contributed by atoms with Crippen molar-refractivity contribution in [3.63, 3.8) is 0 Å². The van der Waals surface area contributed by atoms with E-state index in [-0.39, 0.29) is 12.5 Å². The summed E-state index contributed by atoms with van der Waals surface area (Å²) in [5, 5.41) is 7.20. The lowest BCUT2D eigenvalue weighted by Gasteiger charge is -2.12. The molecule has 0 unspecified atom stereocenters. The Bertz CT molecular complexity index is 967. The SMILES string of the molecule is COc1ccc2[nH+]c(C)cc(NCC(=O)Nc3cccc(C)c3C)c2c1. The molecule has 0 radical (unpaired) electrons. The van der Waals surface area contributed by atoms with Crippen LogP contribution in [-0.2, 0) is 4.79 Å². The van der Waals surface area contributed by atoms with Gasteiger partial charge in [-0.3, -0.25) is 4.79 Å². The Morgan fingerprint density at radius 1 is 1.08 bits per heavy atom. The molecule has 2 aromatic carbocycles. The van der Waals surface area contributed by atoms with Crippen LogP contribution in [-0.4, -0.2) is 19.6 Å². The zero-order chi connectivity index (χ0) is 18.7. The molecule has 1 amide bonds. The van der Waals surface area contributed by atoms with Crippen LogP contribution in [0.2, 0.25) is 0 Å². The first-order valence-electron chi connectivity index (χ1n) is 8.58. The third-order valence-electron chi connectivity index (χ3n) is 4.53. The van der Waals surface area contributed by atoms with Crippen molar-refractivity contribution in [3.05, 3.63) is 59.3 Å². The number of pyridine rings is 1. The first-order valence-corrected chi connectivity index (χ1v) is 8.58. The number of rotatable bonds is 5. The van der Waals surface area contributed by atoms with Crippen LogP contribution in [0, 0.1) is 20.8 Å². The zero-order valence-corrected chi connectivity index (χ0v) is 15.6. The van der Waals surface area contributed by atoms with Gasteiger partial charge in [-0.15, -0.1) is 0 Å². The molecule has 0 saturated heterocycles. The number of carbonyl (C=O) groups excluding carboxylic acids is 1. The van der Waals surface area contributed by atoms with Crippen LogP contribution in [0.3, 0.4) is 0 Å². The molecule has 0 saturated carbocycles. The second-order valence-electron chi connectivity index (χ2n) is 6.43. The monoisotopic (exact) mass is 350 g/mol. The summed E-state index contributed by atoms with van der Waals surface area (Å²) in [6.45, 7) is 6.22. The summed E-state index contributed by atoms with van der Waals surface area (Å²) in [6, 6.07) is 13.7. The largest absolute Gasteiger partial charge is 0.497 e. The average molecular weight is 350 g/mol. The maximum absolute atomic E-state index is 12.4. The molecule has 3 rings (SSSR count). The molecule has 0 aliphatic heterocycles. The molecule has 26 heavy (non-hydrogen) atoms. The van der Waals surface area contributed by atoms with E-state index in [1.807, 2.05) is 63.2 Å². The van der Waals surface area contributed by atoms with Gasteiger partial charge in [-0.1, -0.05) is 12.1 Å². The zero-order valence-electron chi connectivity index (χ0n) is 15.6. The van der Waals surface area contributed by atoms with Crippen LogP contribution >= 0.6 is 0 Å². The summed E-state index contributed by atoms with van der Waals surface area (Å²) in [4.78, 5) is 15.7. The minimum Gasteiger partial charge on any atom is -0.497 e. The van der Waals surface area contributed by atoms with Gasteiger partial charge in [0.15, 0.2) is 5.69 Å². The van der Waals surface area contributed by atoms with Crippen LogP contribution in [0.15, 0.2) is 42.5 Å². The van der Waals surface area contributed by atoms with Crippen LogP contribution < -0.4 is 20.4 Å². The molecule has 0 fully saturated rings. The van der Waals surface area contributed by atoms with Crippen molar-refractivity contribution < 1.29 is 14.5 Å². The number of benzene rings is 2. The Balaban J connectivity index is 1.78. The second kappa shape index (κ2) is 7.44. The molecule has 134 valence electrons. The number of nitrogens with one attached hydrogen (secondary N) is 3. The Labute approximate surface area is 153 Å². The van der Waals surface area contributed by atoms with Gasteiger partial charge in [0.25, 0.3) is 0 Å². The van der Waals surface area contributed by atoms with E-state index in [1.54, 1.807) is 7.11 Å². The van der Waals surface area contributed by atoms with Gasteiger partial charge in [0.05, 0.1) is 24.7 Å². The molecule has 0 spiro atoms. The Morgan fingerprint density at radius 3 is 2.65 bits per heavy atom. The molecule has 3 N–H and O–H groups in total. The van der Waals surface area contributed by atoms with Crippen molar-refractivity contribution >= 4 is 28.2 Å². The molecule has 3 aromatic rings. The van der Waals surface area contributed by atoms with Crippen LogP contribution in [0.25, 0.3) is 10.9 Å². The van der Waals surface area contributed by atoms with Gasteiger partial charge in [0.2, 0.25) is 11.4 Å². The van der Waals surface area contributed by atoms with E-state index in [0.29, 0.717) is 0 Å². The van der Waals surface area contributed by atoms with E-state index in [4.69, 9.17) is 4.74 Å². The Morgan fingerprint density at radius 2 is 1.88 bits per heavy atom. The summed E-state index contributed by atoms with van der Waals surface area (Å²) >= 11 is 0. The van der Waals surface area contributed by atoms with E-state index in [2.05, 4.69) is 15.6 Å². The fourth-order valence-corrected chi connectivity index (χ4v) is 2.93. The topological polar surface area (TPSA) is 64.5 Å². The van der Waals surface area contributed by atoms with Crippen molar-refractivity contribution in [2.75, 3.05) is 24.3 Å². The lowest BCUT2D eigenvalue weighted by Crippen LogP contribution is -2.23. The Hall–Kier alpha value is -3.08. The number of anilines is 2. The number of hydrogen-bond acceptors (Lipinski definition) is 3. The standard InChI is InChI=1S/C21H23N3O2/c1-13-6-5-7-18(15(13)3)24-21(25)12-22-20-10-14(2)23-19-9-8-16(26-4)11-17(19)20/h5-11H,12H2,1-4H3,(H,22,23)(H,24,25)/p+1. The average Bonchev–Trinajstić information content (AvgIpc) is 2.63. The summed E-state index contributed by atoms with van der Waals surface area (Å²) in [6.07, 6.45) is 0. The predicted octanol–water partition coefficient (Wildman–Crippen LogP) is 3.64. The van der Waals surface area contributed by atoms with E-state index in [9.17, 15) is 4.79 Å². The molecule has 0 aliphatic rings. The summed E-state index contributed by atoms with van der Waals surface area (Å²) < 4.78 is 5.32. The molecule has 1 aromatic heterocycles. The fraction of sp³-hybridized carbons (Fsp3) is 0.238. The van der Waals surface area contributed by atoms with Gasteiger partial charge in [-0.05, 0) is 43.2 Å². The third kappa shape index (κ3) is 3.77. The number of H-pyrrole nitrogens is 1.